The van der Waals surface area contributed by atoms with E-state index in [0.29, 0.717) is 0 Å². The van der Waals surface area contributed by atoms with Crippen LogP contribution in [-0.2, 0) is 37.1 Å². The number of aryl methyl sites for hydroxylation is 1. The summed E-state index contributed by atoms with van der Waals surface area (Å²) in [7, 11) is -6.15. The summed E-state index contributed by atoms with van der Waals surface area (Å²) in [5.74, 6) is 0. The minimum atomic E-state index is -3.95. The average Bonchev–Trinajstić information content (AvgIpc) is 2.92. The Hall–Kier alpha value is -2.37. The zero-order chi connectivity index (χ0) is 30.1. The molecule has 0 fully saturated rings. The maximum atomic E-state index is 13.5. The van der Waals surface area contributed by atoms with Gasteiger partial charge in [-0.15, -0.1) is 0 Å². The minimum absolute atomic E-state index is 0.0113. The zero-order valence-corrected chi connectivity index (χ0v) is 26.9. The van der Waals surface area contributed by atoms with E-state index in [1.165, 1.54) is 0 Å². The molecule has 0 amide bonds. The smallest absolute Gasteiger partial charge is 0.240 e. The maximum absolute atomic E-state index is 13.5. The molecule has 0 aliphatic carbocycles. The van der Waals surface area contributed by atoms with Crippen molar-refractivity contribution < 1.29 is 27.4 Å². The van der Waals surface area contributed by atoms with Crippen molar-refractivity contribution in [1.82, 2.24) is 4.72 Å². The Balaban J connectivity index is 1.89. The van der Waals surface area contributed by atoms with Gasteiger partial charge < -0.3 is 19.0 Å². The van der Waals surface area contributed by atoms with E-state index < -0.39 is 36.6 Å². The molecule has 0 unspecified atom stereocenters. The molecule has 0 saturated carbocycles. The van der Waals surface area contributed by atoms with Crippen LogP contribution in [-0.4, -0.2) is 53.3 Å². The number of hydrogen-bond acceptors (Lipinski definition) is 6. The first kappa shape index (κ1) is 33.1. The van der Waals surface area contributed by atoms with Crippen LogP contribution in [0.15, 0.2) is 89.8 Å². The molecule has 0 aliphatic heterocycles. The van der Waals surface area contributed by atoms with Gasteiger partial charge in [0, 0.05) is 0 Å². The lowest BCUT2D eigenvalue weighted by molar-refractivity contribution is -0.0887. The number of ether oxygens (including phenoxy) is 2. The van der Waals surface area contributed by atoms with E-state index in [-0.39, 0.29) is 36.4 Å². The SMILES string of the molecule is Cc1ccc(S(=O)(=O)N[C@H](COCc2ccccc2)[C@@H](OCc2ccccc2)[C@@H](O)CO[Si](C)(C)C(C)(C)C)cc1. The molecule has 0 heterocycles. The average molecular weight is 600 g/mol. The Morgan fingerprint density at radius 2 is 1.37 bits per heavy atom. The second-order valence-electron chi connectivity index (χ2n) is 11.9. The lowest BCUT2D eigenvalue weighted by Gasteiger charge is -2.38. The van der Waals surface area contributed by atoms with Crippen molar-refractivity contribution in [1.29, 1.82) is 0 Å². The standard InChI is InChI=1S/C32H45NO6SSi/c1-25-17-19-28(20-18-25)40(35,36)33-29(23-37-21-26-13-9-7-10-14-26)31(38-22-27-15-11-8-12-16-27)30(34)24-39-41(5,6)32(2,3)4/h7-20,29-31,33-34H,21-24H2,1-6H3/t29-,30+,31-/m1/s1. The molecule has 3 atom stereocenters. The van der Waals surface area contributed by atoms with Crippen LogP contribution in [0, 0.1) is 6.92 Å². The van der Waals surface area contributed by atoms with Crippen LogP contribution < -0.4 is 4.72 Å². The second-order valence-corrected chi connectivity index (χ2v) is 18.5. The van der Waals surface area contributed by atoms with Crippen LogP contribution in [0.1, 0.15) is 37.5 Å². The molecule has 0 saturated heterocycles. The van der Waals surface area contributed by atoms with E-state index in [0.717, 1.165) is 16.7 Å². The van der Waals surface area contributed by atoms with Gasteiger partial charge in [0.2, 0.25) is 10.0 Å². The number of hydrogen-bond donors (Lipinski definition) is 2. The highest BCUT2D eigenvalue weighted by Crippen LogP contribution is 2.36. The van der Waals surface area contributed by atoms with Gasteiger partial charge in [-0.25, -0.2) is 13.1 Å². The molecule has 0 bridgehead atoms. The molecule has 41 heavy (non-hydrogen) atoms. The highest BCUT2D eigenvalue weighted by atomic mass is 32.2. The monoisotopic (exact) mass is 599 g/mol. The summed E-state index contributed by atoms with van der Waals surface area (Å²) in [5.41, 5.74) is 2.81. The van der Waals surface area contributed by atoms with Crippen LogP contribution in [0.3, 0.4) is 0 Å². The molecule has 0 aromatic heterocycles. The van der Waals surface area contributed by atoms with Gasteiger partial charge in [-0.3, -0.25) is 0 Å². The van der Waals surface area contributed by atoms with E-state index in [4.69, 9.17) is 13.9 Å². The van der Waals surface area contributed by atoms with E-state index >= 15 is 0 Å². The molecular weight excluding hydrogens is 555 g/mol. The summed E-state index contributed by atoms with van der Waals surface area (Å²) in [6, 6.07) is 25.0. The van der Waals surface area contributed by atoms with Gasteiger partial charge in [0.15, 0.2) is 8.32 Å². The highest BCUT2D eigenvalue weighted by molar-refractivity contribution is 7.89. The summed E-state index contributed by atoms with van der Waals surface area (Å²) >= 11 is 0. The Morgan fingerprint density at radius 3 is 1.90 bits per heavy atom. The van der Waals surface area contributed by atoms with Crippen molar-refractivity contribution in [3.63, 3.8) is 0 Å². The molecule has 3 aromatic rings. The number of rotatable bonds is 15. The van der Waals surface area contributed by atoms with Gasteiger partial charge in [-0.1, -0.05) is 99.1 Å². The molecule has 0 radical (unpaired) electrons. The fourth-order valence-corrected chi connectivity index (χ4v) is 6.18. The molecule has 3 aromatic carbocycles. The van der Waals surface area contributed by atoms with Crippen molar-refractivity contribution in [2.24, 2.45) is 0 Å². The third-order valence-electron chi connectivity index (χ3n) is 7.53. The third-order valence-corrected chi connectivity index (χ3v) is 13.5. The third kappa shape index (κ3) is 10.1. The lowest BCUT2D eigenvalue weighted by Crippen LogP contribution is -2.54. The topological polar surface area (TPSA) is 94.1 Å². The molecule has 0 spiro atoms. The molecule has 3 rings (SSSR count). The first-order valence-corrected chi connectivity index (χ1v) is 18.4. The van der Waals surface area contributed by atoms with Crippen molar-refractivity contribution in [3.8, 4) is 0 Å². The summed E-state index contributed by atoms with van der Waals surface area (Å²) in [5, 5.41) is 11.4. The van der Waals surface area contributed by atoms with Crippen molar-refractivity contribution in [3.05, 3.63) is 102 Å². The summed E-state index contributed by atoms with van der Waals surface area (Å²) < 4.78 is 48.4. The minimum Gasteiger partial charge on any atom is -0.414 e. The highest BCUT2D eigenvalue weighted by Gasteiger charge is 2.40. The van der Waals surface area contributed by atoms with Crippen LogP contribution in [0.2, 0.25) is 18.1 Å². The van der Waals surface area contributed by atoms with Gasteiger partial charge in [0.1, 0.15) is 12.2 Å². The van der Waals surface area contributed by atoms with Crippen LogP contribution in [0.4, 0.5) is 0 Å². The Labute approximate surface area is 247 Å². The van der Waals surface area contributed by atoms with E-state index in [1.807, 2.05) is 67.6 Å². The summed E-state index contributed by atoms with van der Waals surface area (Å²) in [6.07, 6.45) is -2.06. The Morgan fingerprint density at radius 1 is 0.829 bits per heavy atom. The maximum Gasteiger partial charge on any atom is 0.240 e. The number of benzene rings is 3. The van der Waals surface area contributed by atoms with Gasteiger partial charge in [0.05, 0.1) is 37.4 Å². The van der Waals surface area contributed by atoms with Gasteiger partial charge in [-0.2, -0.15) is 0 Å². The number of aliphatic hydroxyl groups excluding tert-OH is 1. The van der Waals surface area contributed by atoms with Gasteiger partial charge in [-0.05, 0) is 48.3 Å². The number of nitrogens with one attached hydrogen (secondary N) is 1. The predicted molar refractivity (Wildman–Crippen MR) is 166 cm³/mol. The largest absolute Gasteiger partial charge is 0.414 e. The molecule has 7 nitrogen and oxygen atoms in total. The summed E-state index contributed by atoms with van der Waals surface area (Å²) in [6.45, 7) is 13.0. The van der Waals surface area contributed by atoms with E-state index in [1.54, 1.807) is 24.3 Å². The molecule has 224 valence electrons. The molecule has 9 heteroatoms. The van der Waals surface area contributed by atoms with Crippen LogP contribution >= 0.6 is 0 Å². The fraction of sp³-hybridized carbons (Fsp3) is 0.438. The first-order chi connectivity index (χ1) is 19.3. The number of sulfonamides is 1. The van der Waals surface area contributed by atoms with Crippen molar-refractivity contribution >= 4 is 18.3 Å². The normalized spacial score (nSPS) is 14.9. The zero-order valence-electron chi connectivity index (χ0n) is 25.0. The molecule has 2 N–H and O–H groups in total. The quantitative estimate of drug-likeness (QED) is 0.214. The van der Waals surface area contributed by atoms with Crippen molar-refractivity contribution in [2.45, 2.75) is 82.2 Å². The van der Waals surface area contributed by atoms with Crippen molar-refractivity contribution in [2.75, 3.05) is 13.2 Å². The Kier molecular flexibility index (Phi) is 11.9. The fourth-order valence-electron chi connectivity index (χ4n) is 3.93. The van der Waals surface area contributed by atoms with Crippen LogP contribution in [0.5, 0.6) is 0 Å². The Bertz CT molecular complexity index is 1300. The van der Waals surface area contributed by atoms with Crippen LogP contribution in [0.25, 0.3) is 0 Å². The predicted octanol–water partition coefficient (Wildman–Crippen LogP) is 5.83. The first-order valence-electron chi connectivity index (χ1n) is 14.0. The number of aliphatic hydroxyl groups is 1. The molecular formula is C32H45NO6SSi. The van der Waals surface area contributed by atoms with E-state index in [9.17, 15) is 13.5 Å². The van der Waals surface area contributed by atoms with Gasteiger partial charge in [0.25, 0.3) is 0 Å². The summed E-state index contributed by atoms with van der Waals surface area (Å²) in [4.78, 5) is 0.130. The second kappa shape index (κ2) is 14.7. The van der Waals surface area contributed by atoms with E-state index in [2.05, 4.69) is 38.6 Å². The lowest BCUT2D eigenvalue weighted by atomic mass is 10.1. The molecule has 0 aliphatic rings. The van der Waals surface area contributed by atoms with Gasteiger partial charge >= 0.3 is 0 Å².